The van der Waals surface area contributed by atoms with E-state index in [4.69, 9.17) is 12.2 Å². The van der Waals surface area contributed by atoms with E-state index in [9.17, 15) is 0 Å². The van der Waals surface area contributed by atoms with Crippen LogP contribution >= 0.6 is 12.2 Å². The maximum absolute atomic E-state index is 4.97. The van der Waals surface area contributed by atoms with E-state index >= 15 is 0 Å². The summed E-state index contributed by atoms with van der Waals surface area (Å²) < 4.78 is 0. The van der Waals surface area contributed by atoms with Crippen LogP contribution in [-0.2, 0) is 0 Å². The number of pyridine rings is 1. The zero-order chi connectivity index (χ0) is 11.1. The molecule has 0 saturated carbocycles. The van der Waals surface area contributed by atoms with Gasteiger partial charge in [0.1, 0.15) is 6.67 Å². The van der Waals surface area contributed by atoms with Gasteiger partial charge in [-0.3, -0.25) is 15.3 Å². The van der Waals surface area contributed by atoms with Gasteiger partial charge >= 0.3 is 0 Å². The van der Waals surface area contributed by atoms with Crippen LogP contribution in [0, 0.1) is 0 Å². The standard InChI is InChI=1S/C10H14N4S/c1-8(9-5-3-4-6-12-9)13-7-14-10(15)11-2/h3-6H,7H2,1-2H3,(H2,11,14,15)/p+1/b13-8+. The van der Waals surface area contributed by atoms with Gasteiger partial charge in [0.15, 0.2) is 0 Å². The van der Waals surface area contributed by atoms with Gasteiger partial charge in [-0.1, -0.05) is 6.07 Å². The number of quaternary nitrogens is 1. The molecule has 80 valence electrons. The van der Waals surface area contributed by atoms with Gasteiger partial charge < -0.3 is 5.32 Å². The fourth-order valence-corrected chi connectivity index (χ4v) is 1.06. The fraction of sp³-hybridized carbons (Fsp3) is 0.300. The Kier molecular flexibility index (Phi) is 4.86. The number of nitrogens with one attached hydrogen (secondary N) is 1. The number of thiocarbonyl (C=S) groups is 1. The first-order chi connectivity index (χ1) is 7.24. The molecule has 1 rings (SSSR count). The Morgan fingerprint density at radius 3 is 3.00 bits per heavy atom. The lowest BCUT2D eigenvalue weighted by molar-refractivity contribution is -0.506. The number of nitrogens with two attached hydrogens (primary N) is 1. The van der Waals surface area contributed by atoms with Crippen molar-refractivity contribution >= 4 is 23.0 Å². The molecule has 0 unspecified atom stereocenters. The lowest BCUT2D eigenvalue weighted by Crippen LogP contribution is -2.86. The van der Waals surface area contributed by atoms with E-state index in [1.165, 1.54) is 0 Å². The van der Waals surface area contributed by atoms with Crippen molar-refractivity contribution in [3.63, 3.8) is 0 Å². The highest BCUT2D eigenvalue weighted by atomic mass is 32.1. The third-order valence-electron chi connectivity index (χ3n) is 1.87. The van der Waals surface area contributed by atoms with Crippen molar-refractivity contribution in [2.24, 2.45) is 4.99 Å². The number of nitrogens with zero attached hydrogens (tertiary/aromatic N) is 2. The largest absolute Gasteiger partial charge is 0.312 e. The summed E-state index contributed by atoms with van der Waals surface area (Å²) in [5, 5.41) is 5.54. The first-order valence-corrected chi connectivity index (χ1v) is 5.14. The van der Waals surface area contributed by atoms with Gasteiger partial charge in [0, 0.05) is 18.4 Å². The topological polar surface area (TPSA) is 53.9 Å². The number of rotatable bonds is 3. The second kappa shape index (κ2) is 6.21. The van der Waals surface area contributed by atoms with Crippen LogP contribution in [-0.4, -0.2) is 29.5 Å². The van der Waals surface area contributed by atoms with E-state index in [0.29, 0.717) is 11.8 Å². The van der Waals surface area contributed by atoms with Crippen LogP contribution in [0.25, 0.3) is 0 Å². The number of aromatic nitrogens is 1. The second-order valence-corrected chi connectivity index (χ2v) is 3.39. The van der Waals surface area contributed by atoms with Crippen LogP contribution in [0.3, 0.4) is 0 Å². The van der Waals surface area contributed by atoms with Crippen molar-refractivity contribution in [2.75, 3.05) is 13.7 Å². The van der Waals surface area contributed by atoms with Crippen LogP contribution < -0.4 is 10.6 Å². The quantitative estimate of drug-likeness (QED) is 0.556. The third kappa shape index (κ3) is 4.14. The molecule has 0 radical (unpaired) electrons. The summed E-state index contributed by atoms with van der Waals surface area (Å²) in [6, 6.07) is 5.76. The molecule has 1 aromatic rings. The molecule has 0 aromatic carbocycles. The second-order valence-electron chi connectivity index (χ2n) is 2.95. The summed E-state index contributed by atoms with van der Waals surface area (Å²) in [6.45, 7) is 2.42. The lowest BCUT2D eigenvalue weighted by Gasteiger charge is -2.01. The molecule has 0 spiro atoms. The van der Waals surface area contributed by atoms with E-state index in [2.05, 4.69) is 15.3 Å². The van der Waals surface area contributed by atoms with Gasteiger partial charge in [-0.05, 0) is 19.1 Å². The molecule has 1 heterocycles. The third-order valence-corrected chi connectivity index (χ3v) is 2.25. The average Bonchev–Trinajstić information content (AvgIpc) is 2.29. The van der Waals surface area contributed by atoms with E-state index in [1.54, 1.807) is 6.20 Å². The van der Waals surface area contributed by atoms with Crippen LogP contribution in [0.4, 0.5) is 0 Å². The molecule has 15 heavy (non-hydrogen) atoms. The Balaban J connectivity index is 2.50. The minimum atomic E-state index is 0.492. The molecule has 3 N–H and O–H groups in total. The van der Waals surface area contributed by atoms with Gasteiger partial charge in [0.2, 0.25) is 0 Å². The number of aliphatic imine (C=N–C) groups is 1. The molecule has 0 amide bonds. The average molecular weight is 223 g/mol. The van der Waals surface area contributed by atoms with Crippen LogP contribution in [0.1, 0.15) is 12.6 Å². The van der Waals surface area contributed by atoms with Crippen molar-refractivity contribution < 1.29 is 5.32 Å². The van der Waals surface area contributed by atoms with Gasteiger partial charge in [-0.15, -0.1) is 0 Å². The van der Waals surface area contributed by atoms with Gasteiger partial charge in [0.05, 0.1) is 18.5 Å². The maximum atomic E-state index is 4.97. The Morgan fingerprint density at radius 2 is 2.40 bits per heavy atom. The predicted molar refractivity (Wildman–Crippen MR) is 64.9 cm³/mol. The Morgan fingerprint density at radius 1 is 1.60 bits per heavy atom. The molecule has 0 aliphatic heterocycles. The summed E-state index contributed by atoms with van der Waals surface area (Å²) in [7, 11) is 1.89. The molecule has 0 bridgehead atoms. The van der Waals surface area contributed by atoms with Crippen molar-refractivity contribution in [2.45, 2.75) is 6.92 Å². The SMILES string of the molecule is C[NH2+]C(=S)NC/N=C(\C)c1ccccn1. The van der Waals surface area contributed by atoms with Crippen molar-refractivity contribution in [3.05, 3.63) is 30.1 Å². The molecule has 0 fully saturated rings. The summed E-state index contributed by atoms with van der Waals surface area (Å²) in [6.07, 6.45) is 1.76. The number of hydrogen-bond acceptors (Lipinski definition) is 3. The van der Waals surface area contributed by atoms with Crippen LogP contribution in [0.15, 0.2) is 29.4 Å². The molecule has 0 saturated heterocycles. The van der Waals surface area contributed by atoms with E-state index in [0.717, 1.165) is 11.4 Å². The van der Waals surface area contributed by atoms with E-state index in [1.807, 2.05) is 37.5 Å². The molecule has 0 aliphatic rings. The predicted octanol–water partition coefficient (Wildman–Crippen LogP) is -0.0842. The maximum Gasteiger partial charge on any atom is 0.267 e. The molecule has 1 aromatic heterocycles. The highest BCUT2D eigenvalue weighted by Gasteiger charge is 1.97. The van der Waals surface area contributed by atoms with Crippen molar-refractivity contribution in [1.29, 1.82) is 0 Å². The van der Waals surface area contributed by atoms with Gasteiger partial charge in [-0.2, -0.15) is 0 Å². The summed E-state index contributed by atoms with van der Waals surface area (Å²) in [4.78, 5) is 8.52. The normalized spacial score (nSPS) is 11.2. The number of hydrogen-bond donors (Lipinski definition) is 2. The first kappa shape index (κ1) is 11.7. The lowest BCUT2D eigenvalue weighted by atomic mass is 10.2. The molecular weight excluding hydrogens is 208 g/mol. The summed E-state index contributed by atoms with van der Waals surface area (Å²) >= 11 is 4.97. The summed E-state index contributed by atoms with van der Waals surface area (Å²) in [5.74, 6) is 0. The molecular formula is C10H15N4S+. The van der Waals surface area contributed by atoms with Crippen LogP contribution in [0.2, 0.25) is 0 Å². The summed E-state index contributed by atoms with van der Waals surface area (Å²) in [5.41, 5.74) is 1.80. The minimum Gasteiger partial charge on any atom is -0.312 e. The first-order valence-electron chi connectivity index (χ1n) is 4.73. The highest BCUT2D eigenvalue weighted by Crippen LogP contribution is 1.95. The highest BCUT2D eigenvalue weighted by molar-refractivity contribution is 7.79. The van der Waals surface area contributed by atoms with Crippen LogP contribution in [0.5, 0.6) is 0 Å². The van der Waals surface area contributed by atoms with Crippen molar-refractivity contribution in [1.82, 2.24) is 10.3 Å². The smallest absolute Gasteiger partial charge is 0.267 e. The molecule has 5 heteroatoms. The Labute approximate surface area is 94.8 Å². The van der Waals surface area contributed by atoms with Crippen molar-refractivity contribution in [3.8, 4) is 0 Å². The molecule has 0 aliphatic carbocycles. The molecule has 4 nitrogen and oxygen atoms in total. The molecule has 0 atom stereocenters. The zero-order valence-corrected chi connectivity index (χ0v) is 9.71. The van der Waals surface area contributed by atoms with E-state index in [-0.39, 0.29) is 0 Å². The monoisotopic (exact) mass is 223 g/mol. The Bertz CT molecular complexity index is 348. The minimum absolute atomic E-state index is 0.492. The van der Waals surface area contributed by atoms with E-state index < -0.39 is 0 Å². The Hall–Kier alpha value is -1.33. The fourth-order valence-electron chi connectivity index (χ4n) is 0.996. The van der Waals surface area contributed by atoms with Gasteiger partial charge in [0.25, 0.3) is 5.11 Å². The van der Waals surface area contributed by atoms with Gasteiger partial charge in [-0.25, -0.2) is 0 Å². The zero-order valence-electron chi connectivity index (χ0n) is 8.90.